The minimum Gasteiger partial charge on any atom is -0.440 e. The van der Waals surface area contributed by atoms with Crippen LogP contribution in [0.15, 0.2) is 47.3 Å². The van der Waals surface area contributed by atoms with Crippen molar-refractivity contribution in [3.63, 3.8) is 0 Å². The fourth-order valence-corrected chi connectivity index (χ4v) is 3.14. The first-order valence-corrected chi connectivity index (χ1v) is 7.68. The molecule has 0 fully saturated rings. The lowest BCUT2D eigenvalue weighted by Gasteiger charge is -2.20. The molecule has 1 atom stereocenters. The van der Waals surface area contributed by atoms with Crippen LogP contribution in [0.2, 0.25) is 5.02 Å². The zero-order valence-corrected chi connectivity index (χ0v) is 12.6. The van der Waals surface area contributed by atoms with Crippen molar-refractivity contribution in [3.05, 3.63) is 64.9 Å². The van der Waals surface area contributed by atoms with Crippen LogP contribution in [0.25, 0.3) is 11.6 Å². The van der Waals surface area contributed by atoms with E-state index in [4.69, 9.17) is 16.0 Å². The number of rotatable bonds is 2. The van der Waals surface area contributed by atoms with E-state index in [-0.39, 0.29) is 0 Å². The third-order valence-corrected chi connectivity index (χ3v) is 4.28. The van der Waals surface area contributed by atoms with Crippen LogP contribution in [0.5, 0.6) is 0 Å². The summed E-state index contributed by atoms with van der Waals surface area (Å²) in [5, 5.41) is 0.781. The molecule has 3 aromatic rings. The number of oxazole rings is 1. The first-order chi connectivity index (χ1) is 10.8. The predicted octanol–water partition coefficient (Wildman–Crippen LogP) is 4.06. The summed E-state index contributed by atoms with van der Waals surface area (Å²) >= 11 is 6.10. The number of nitrogens with zero attached hydrogens (tertiary/aromatic N) is 3. The van der Waals surface area contributed by atoms with Crippen molar-refractivity contribution < 1.29 is 4.42 Å². The summed E-state index contributed by atoms with van der Waals surface area (Å²) < 4.78 is 5.86. The van der Waals surface area contributed by atoms with E-state index in [1.807, 2.05) is 18.2 Å². The van der Waals surface area contributed by atoms with Gasteiger partial charge in [0, 0.05) is 30.3 Å². The first-order valence-electron chi connectivity index (χ1n) is 7.30. The Balaban J connectivity index is 1.63. The van der Waals surface area contributed by atoms with Crippen molar-refractivity contribution in [1.82, 2.24) is 15.0 Å². The molecule has 1 aliphatic carbocycles. The van der Waals surface area contributed by atoms with Gasteiger partial charge in [0.2, 0.25) is 5.89 Å². The second-order valence-corrected chi connectivity index (χ2v) is 5.91. The SMILES string of the molecule is Clc1cccc(C2CCc3oc(-c4cnccn4)nc3C2)c1. The number of halogens is 1. The maximum absolute atomic E-state index is 6.10. The summed E-state index contributed by atoms with van der Waals surface area (Å²) in [7, 11) is 0. The van der Waals surface area contributed by atoms with Crippen molar-refractivity contribution in [2.45, 2.75) is 25.2 Å². The molecule has 0 saturated carbocycles. The van der Waals surface area contributed by atoms with Gasteiger partial charge in [-0.3, -0.25) is 4.98 Å². The number of aryl methyl sites for hydroxylation is 1. The molecule has 0 spiro atoms. The van der Waals surface area contributed by atoms with Gasteiger partial charge in [-0.05, 0) is 30.0 Å². The van der Waals surface area contributed by atoms with Gasteiger partial charge in [-0.15, -0.1) is 0 Å². The largest absolute Gasteiger partial charge is 0.440 e. The second-order valence-electron chi connectivity index (χ2n) is 5.47. The number of benzene rings is 1. The van der Waals surface area contributed by atoms with Crippen LogP contribution in [0.1, 0.15) is 29.4 Å². The van der Waals surface area contributed by atoms with Crippen molar-refractivity contribution in [1.29, 1.82) is 0 Å². The lowest BCUT2D eigenvalue weighted by molar-refractivity contribution is 0.464. The summed E-state index contributed by atoms with van der Waals surface area (Å²) in [5.74, 6) is 1.97. The van der Waals surface area contributed by atoms with Crippen LogP contribution in [-0.2, 0) is 12.8 Å². The lowest BCUT2D eigenvalue weighted by Crippen LogP contribution is -2.11. The van der Waals surface area contributed by atoms with Crippen molar-refractivity contribution in [2.24, 2.45) is 0 Å². The highest BCUT2D eigenvalue weighted by atomic mass is 35.5. The van der Waals surface area contributed by atoms with Crippen LogP contribution in [0.3, 0.4) is 0 Å². The summed E-state index contributed by atoms with van der Waals surface area (Å²) in [6, 6.07) is 8.08. The maximum atomic E-state index is 6.10. The van der Waals surface area contributed by atoms with Gasteiger partial charge in [0.05, 0.1) is 11.9 Å². The molecule has 0 saturated heterocycles. The van der Waals surface area contributed by atoms with Gasteiger partial charge in [0.15, 0.2) is 0 Å². The first kappa shape index (κ1) is 13.5. The molecule has 0 bridgehead atoms. The molecule has 1 aliphatic rings. The molecule has 4 rings (SSSR count). The van der Waals surface area contributed by atoms with E-state index in [1.165, 1.54) is 5.56 Å². The topological polar surface area (TPSA) is 51.8 Å². The Kier molecular flexibility index (Phi) is 3.39. The number of aromatic nitrogens is 3. The van der Waals surface area contributed by atoms with Crippen molar-refractivity contribution in [2.75, 3.05) is 0 Å². The van der Waals surface area contributed by atoms with Gasteiger partial charge in [0.25, 0.3) is 0 Å². The number of hydrogen-bond acceptors (Lipinski definition) is 4. The van der Waals surface area contributed by atoms with Gasteiger partial charge in [-0.1, -0.05) is 23.7 Å². The highest BCUT2D eigenvalue weighted by Gasteiger charge is 2.25. The molecule has 2 aromatic heterocycles. The Labute approximate surface area is 133 Å². The third kappa shape index (κ3) is 2.50. The fourth-order valence-electron chi connectivity index (χ4n) is 2.94. The lowest BCUT2D eigenvalue weighted by atomic mass is 9.85. The monoisotopic (exact) mass is 311 g/mol. The average molecular weight is 312 g/mol. The molecule has 2 heterocycles. The highest BCUT2D eigenvalue weighted by Crippen LogP contribution is 2.35. The average Bonchev–Trinajstić information content (AvgIpc) is 2.99. The molecule has 1 aromatic carbocycles. The van der Waals surface area contributed by atoms with Crippen LogP contribution >= 0.6 is 11.6 Å². The van der Waals surface area contributed by atoms with Crippen LogP contribution in [-0.4, -0.2) is 15.0 Å². The Bertz CT molecular complexity index is 801. The van der Waals surface area contributed by atoms with E-state index in [2.05, 4.69) is 21.0 Å². The molecular formula is C17H14ClN3O. The van der Waals surface area contributed by atoms with Crippen LogP contribution in [0, 0.1) is 0 Å². The van der Waals surface area contributed by atoms with Gasteiger partial charge in [-0.2, -0.15) is 0 Å². The summed E-state index contributed by atoms with van der Waals surface area (Å²) in [6.45, 7) is 0. The standard InChI is InChI=1S/C17H14ClN3O/c18-13-3-1-2-11(8-13)12-4-5-16-14(9-12)21-17(22-16)15-10-19-6-7-20-15/h1-3,6-8,10,12H,4-5,9H2. The molecule has 0 aliphatic heterocycles. The molecule has 4 nitrogen and oxygen atoms in total. The molecule has 110 valence electrons. The maximum Gasteiger partial charge on any atom is 0.247 e. The Morgan fingerprint density at radius 2 is 2.18 bits per heavy atom. The molecular weight excluding hydrogens is 298 g/mol. The molecule has 22 heavy (non-hydrogen) atoms. The second kappa shape index (κ2) is 5.54. The van der Waals surface area contributed by atoms with E-state index in [9.17, 15) is 0 Å². The zero-order valence-electron chi connectivity index (χ0n) is 11.9. The van der Waals surface area contributed by atoms with Gasteiger partial charge in [0.1, 0.15) is 11.5 Å². The zero-order chi connectivity index (χ0) is 14.9. The van der Waals surface area contributed by atoms with E-state index in [1.54, 1.807) is 18.6 Å². The molecule has 1 unspecified atom stereocenters. The highest BCUT2D eigenvalue weighted by molar-refractivity contribution is 6.30. The van der Waals surface area contributed by atoms with Gasteiger partial charge < -0.3 is 4.42 Å². The normalized spacial score (nSPS) is 17.2. The van der Waals surface area contributed by atoms with Crippen molar-refractivity contribution in [3.8, 4) is 11.6 Å². The van der Waals surface area contributed by atoms with Gasteiger partial charge >= 0.3 is 0 Å². The Morgan fingerprint density at radius 1 is 1.23 bits per heavy atom. The minimum atomic E-state index is 0.436. The molecule has 5 heteroatoms. The summed E-state index contributed by atoms with van der Waals surface area (Å²) in [6.07, 6.45) is 7.77. The van der Waals surface area contributed by atoms with Gasteiger partial charge in [-0.25, -0.2) is 9.97 Å². The quantitative estimate of drug-likeness (QED) is 0.716. The summed E-state index contributed by atoms with van der Waals surface area (Å²) in [5.41, 5.74) is 2.97. The van der Waals surface area contributed by atoms with E-state index < -0.39 is 0 Å². The molecule has 0 amide bonds. The number of fused-ring (bicyclic) bond motifs is 1. The van der Waals surface area contributed by atoms with Crippen LogP contribution in [0.4, 0.5) is 0 Å². The summed E-state index contributed by atoms with van der Waals surface area (Å²) in [4.78, 5) is 12.9. The van der Waals surface area contributed by atoms with E-state index >= 15 is 0 Å². The molecule has 0 N–H and O–H groups in total. The fraction of sp³-hybridized carbons (Fsp3) is 0.235. The Hall–Kier alpha value is -2.20. The van der Waals surface area contributed by atoms with E-state index in [0.29, 0.717) is 17.5 Å². The predicted molar refractivity (Wildman–Crippen MR) is 83.7 cm³/mol. The van der Waals surface area contributed by atoms with E-state index in [0.717, 1.165) is 35.7 Å². The van der Waals surface area contributed by atoms with Crippen molar-refractivity contribution >= 4 is 11.6 Å². The minimum absolute atomic E-state index is 0.436. The Morgan fingerprint density at radius 3 is 3.00 bits per heavy atom. The smallest absolute Gasteiger partial charge is 0.247 e. The van der Waals surface area contributed by atoms with Crippen LogP contribution < -0.4 is 0 Å². The third-order valence-electron chi connectivity index (χ3n) is 4.04. The molecule has 0 radical (unpaired) electrons. The number of hydrogen-bond donors (Lipinski definition) is 0.